The van der Waals surface area contributed by atoms with Crippen LogP contribution in [0.25, 0.3) is 6.08 Å². The van der Waals surface area contributed by atoms with Crippen LogP contribution >= 0.6 is 0 Å². The second-order valence-electron chi connectivity index (χ2n) is 4.89. The maximum atomic E-state index is 12.1. The Labute approximate surface area is 133 Å². The third-order valence-electron chi connectivity index (χ3n) is 3.05. The molecule has 0 aliphatic heterocycles. The highest BCUT2D eigenvalue weighted by atomic mass is 16.4. The van der Waals surface area contributed by atoms with E-state index in [9.17, 15) is 14.4 Å². The number of carboxylic acids is 1. The Hall–Kier alpha value is -3.21. The number of aromatic carboxylic acids is 1. The van der Waals surface area contributed by atoms with Gasteiger partial charge in [-0.3, -0.25) is 9.59 Å². The summed E-state index contributed by atoms with van der Waals surface area (Å²) in [6, 6.07) is 12.9. The predicted octanol–water partition coefficient (Wildman–Crippen LogP) is 3.24. The van der Waals surface area contributed by atoms with Gasteiger partial charge in [-0.25, -0.2) is 4.79 Å². The summed E-state index contributed by atoms with van der Waals surface area (Å²) in [6.07, 6.45) is 3.02. The van der Waals surface area contributed by atoms with E-state index in [2.05, 4.69) is 5.32 Å². The van der Waals surface area contributed by atoms with Gasteiger partial charge in [0.25, 0.3) is 0 Å². The molecule has 1 amide bonds. The lowest BCUT2D eigenvalue weighted by Crippen LogP contribution is -2.06. The number of anilines is 1. The van der Waals surface area contributed by atoms with E-state index in [4.69, 9.17) is 5.11 Å². The largest absolute Gasteiger partial charge is 0.478 e. The molecule has 0 bridgehead atoms. The summed E-state index contributed by atoms with van der Waals surface area (Å²) >= 11 is 0. The zero-order chi connectivity index (χ0) is 16.8. The summed E-state index contributed by atoms with van der Waals surface area (Å²) in [5.74, 6) is -1.41. The highest BCUT2D eigenvalue weighted by Crippen LogP contribution is 2.13. The summed E-state index contributed by atoms with van der Waals surface area (Å²) in [6.45, 7) is 1.40. The van der Waals surface area contributed by atoms with Gasteiger partial charge in [-0.05, 0) is 35.9 Å². The first-order valence-electron chi connectivity index (χ1n) is 6.89. The molecule has 5 heteroatoms. The minimum absolute atomic E-state index is 0.191. The number of ketones is 1. The number of carboxylic acid groups (broad SMARTS) is 1. The van der Waals surface area contributed by atoms with Crippen LogP contribution < -0.4 is 5.32 Å². The Bertz CT molecular complexity index is 776. The Morgan fingerprint density at radius 1 is 1.00 bits per heavy atom. The summed E-state index contributed by atoms with van der Waals surface area (Å²) in [4.78, 5) is 33.9. The van der Waals surface area contributed by atoms with Gasteiger partial charge in [-0.15, -0.1) is 0 Å². The predicted molar refractivity (Wildman–Crippen MR) is 87.5 cm³/mol. The summed E-state index contributed by atoms with van der Waals surface area (Å²) in [5.41, 5.74) is 1.93. The van der Waals surface area contributed by atoms with Crippen molar-refractivity contribution >= 4 is 29.4 Å². The maximum Gasteiger partial charge on any atom is 0.335 e. The minimum atomic E-state index is -0.994. The third-order valence-corrected chi connectivity index (χ3v) is 3.05. The molecule has 0 aliphatic carbocycles. The molecule has 5 nitrogen and oxygen atoms in total. The molecular weight excluding hydrogens is 294 g/mol. The van der Waals surface area contributed by atoms with Crippen molar-refractivity contribution in [3.8, 4) is 0 Å². The maximum absolute atomic E-state index is 12.1. The number of benzene rings is 2. The lowest BCUT2D eigenvalue weighted by atomic mass is 10.1. The van der Waals surface area contributed by atoms with Crippen LogP contribution in [0.2, 0.25) is 0 Å². The number of carbonyl (C=O) groups is 3. The van der Waals surface area contributed by atoms with Gasteiger partial charge in [0, 0.05) is 18.2 Å². The van der Waals surface area contributed by atoms with Gasteiger partial charge in [-0.1, -0.05) is 30.3 Å². The van der Waals surface area contributed by atoms with E-state index in [1.807, 2.05) is 0 Å². The molecule has 2 aromatic carbocycles. The second-order valence-corrected chi connectivity index (χ2v) is 4.89. The molecular formula is C18H15NO4. The van der Waals surface area contributed by atoms with Gasteiger partial charge in [0.2, 0.25) is 5.91 Å². The Morgan fingerprint density at radius 2 is 1.70 bits per heavy atom. The summed E-state index contributed by atoms with van der Waals surface area (Å²) < 4.78 is 0. The Kier molecular flexibility index (Phi) is 5.04. The Balaban J connectivity index is 2.11. The fraction of sp³-hybridized carbons (Fsp3) is 0.0556. The zero-order valence-corrected chi connectivity index (χ0v) is 12.4. The lowest BCUT2D eigenvalue weighted by Gasteiger charge is -2.03. The van der Waals surface area contributed by atoms with Crippen molar-refractivity contribution in [3.05, 3.63) is 71.3 Å². The van der Waals surface area contributed by atoms with Crippen LogP contribution in [0.5, 0.6) is 0 Å². The van der Waals surface area contributed by atoms with E-state index in [0.717, 1.165) is 5.56 Å². The van der Waals surface area contributed by atoms with Crippen molar-refractivity contribution in [3.63, 3.8) is 0 Å². The van der Waals surface area contributed by atoms with Gasteiger partial charge < -0.3 is 10.4 Å². The number of hydrogen-bond acceptors (Lipinski definition) is 3. The van der Waals surface area contributed by atoms with Gasteiger partial charge in [-0.2, -0.15) is 0 Å². The number of hydrogen-bond donors (Lipinski definition) is 2. The molecule has 0 fully saturated rings. The van der Waals surface area contributed by atoms with Crippen molar-refractivity contribution in [2.45, 2.75) is 6.92 Å². The average Bonchev–Trinajstić information content (AvgIpc) is 2.52. The molecule has 2 aromatic rings. The fourth-order valence-electron chi connectivity index (χ4n) is 1.96. The van der Waals surface area contributed by atoms with E-state index in [0.29, 0.717) is 11.3 Å². The van der Waals surface area contributed by atoms with Gasteiger partial charge in [0.1, 0.15) is 0 Å². The molecule has 0 atom stereocenters. The van der Waals surface area contributed by atoms with Gasteiger partial charge in [0.05, 0.1) is 5.56 Å². The molecule has 0 radical (unpaired) electrons. The number of allylic oxidation sites excluding steroid dienone is 1. The molecule has 2 N–H and O–H groups in total. The van der Waals surface area contributed by atoms with Crippen LogP contribution in [0, 0.1) is 0 Å². The average molecular weight is 309 g/mol. The first-order chi connectivity index (χ1) is 11.0. The van der Waals surface area contributed by atoms with Crippen LogP contribution in [0.1, 0.15) is 33.2 Å². The minimum Gasteiger partial charge on any atom is -0.478 e. The normalized spacial score (nSPS) is 10.5. The van der Waals surface area contributed by atoms with E-state index in [-0.39, 0.29) is 17.3 Å². The van der Waals surface area contributed by atoms with Crippen molar-refractivity contribution in [1.82, 2.24) is 0 Å². The van der Waals surface area contributed by atoms with E-state index < -0.39 is 5.97 Å². The Morgan fingerprint density at radius 3 is 2.30 bits per heavy atom. The smallest absolute Gasteiger partial charge is 0.335 e. The monoisotopic (exact) mass is 309 g/mol. The number of amides is 1. The van der Waals surface area contributed by atoms with Crippen molar-refractivity contribution in [1.29, 1.82) is 0 Å². The van der Waals surface area contributed by atoms with Crippen molar-refractivity contribution < 1.29 is 19.5 Å². The molecule has 0 saturated carbocycles. The molecule has 0 heterocycles. The van der Waals surface area contributed by atoms with Gasteiger partial charge >= 0.3 is 5.97 Å². The van der Waals surface area contributed by atoms with E-state index in [1.54, 1.807) is 42.5 Å². The first-order valence-corrected chi connectivity index (χ1v) is 6.89. The third kappa shape index (κ3) is 4.64. The van der Waals surface area contributed by atoms with Crippen LogP contribution in [0.3, 0.4) is 0 Å². The second kappa shape index (κ2) is 7.17. The molecule has 0 spiro atoms. The molecule has 116 valence electrons. The molecule has 0 aliphatic rings. The topological polar surface area (TPSA) is 83.5 Å². The van der Waals surface area contributed by atoms with E-state index in [1.165, 1.54) is 25.1 Å². The number of nitrogens with one attached hydrogen (secondary N) is 1. The molecule has 0 aromatic heterocycles. The SMILES string of the molecule is CC(=O)Nc1cccc(C(=O)/C=C\c2ccc(C(=O)O)cc2)c1. The standard InChI is InChI=1S/C18H15NO4/c1-12(20)19-16-4-2-3-15(11-16)17(21)10-7-13-5-8-14(9-6-13)18(22)23/h2-11H,1H3,(H,19,20)(H,22,23)/b10-7-. The van der Waals surface area contributed by atoms with Crippen LogP contribution in [-0.4, -0.2) is 22.8 Å². The van der Waals surface area contributed by atoms with Crippen molar-refractivity contribution in [2.24, 2.45) is 0 Å². The van der Waals surface area contributed by atoms with Crippen LogP contribution in [-0.2, 0) is 4.79 Å². The van der Waals surface area contributed by atoms with Crippen molar-refractivity contribution in [2.75, 3.05) is 5.32 Å². The zero-order valence-electron chi connectivity index (χ0n) is 12.4. The molecule has 23 heavy (non-hydrogen) atoms. The summed E-state index contributed by atoms with van der Waals surface area (Å²) in [5, 5.41) is 11.4. The molecule has 0 unspecified atom stereocenters. The van der Waals surface area contributed by atoms with Crippen LogP contribution in [0.15, 0.2) is 54.6 Å². The lowest BCUT2D eigenvalue weighted by molar-refractivity contribution is -0.114. The highest BCUT2D eigenvalue weighted by molar-refractivity contribution is 6.07. The number of carbonyl (C=O) groups excluding carboxylic acids is 2. The fourth-order valence-corrected chi connectivity index (χ4v) is 1.96. The first kappa shape index (κ1) is 16.2. The molecule has 0 saturated heterocycles. The summed E-state index contributed by atoms with van der Waals surface area (Å²) in [7, 11) is 0. The van der Waals surface area contributed by atoms with E-state index >= 15 is 0 Å². The molecule has 2 rings (SSSR count). The quantitative estimate of drug-likeness (QED) is 0.656. The van der Waals surface area contributed by atoms with Gasteiger partial charge in [0.15, 0.2) is 5.78 Å². The highest BCUT2D eigenvalue weighted by Gasteiger charge is 2.04. The number of rotatable bonds is 5. The van der Waals surface area contributed by atoms with Crippen LogP contribution in [0.4, 0.5) is 5.69 Å².